The van der Waals surface area contributed by atoms with Gasteiger partial charge >= 0.3 is 0 Å². The normalized spacial score (nSPS) is 21.1. The van der Waals surface area contributed by atoms with Gasteiger partial charge in [0.2, 0.25) is 5.95 Å². The van der Waals surface area contributed by atoms with Crippen molar-refractivity contribution >= 4 is 32.5 Å². The van der Waals surface area contributed by atoms with E-state index in [-0.39, 0.29) is 23.9 Å². The molecule has 3 aromatic heterocycles. The van der Waals surface area contributed by atoms with Gasteiger partial charge < -0.3 is 19.4 Å². The zero-order chi connectivity index (χ0) is 23.2. The monoisotopic (exact) mass is 471 g/mol. The van der Waals surface area contributed by atoms with Crippen molar-refractivity contribution in [2.24, 2.45) is 5.92 Å². The lowest BCUT2D eigenvalue weighted by Crippen LogP contribution is -2.28. The highest BCUT2D eigenvalue weighted by atomic mass is 32.2. The number of aromatic nitrogens is 5. The average Bonchev–Trinajstić information content (AvgIpc) is 3.39. The van der Waals surface area contributed by atoms with Crippen molar-refractivity contribution in [3.8, 4) is 11.9 Å². The zero-order valence-corrected chi connectivity index (χ0v) is 19.2. The Labute approximate surface area is 191 Å². The molecule has 5 rings (SSSR count). The summed E-state index contributed by atoms with van der Waals surface area (Å²) in [6.45, 7) is 3.37. The van der Waals surface area contributed by atoms with Gasteiger partial charge in [-0.15, -0.1) is 5.10 Å². The molecule has 2 fully saturated rings. The lowest BCUT2D eigenvalue weighted by molar-refractivity contribution is 0.0296. The molecule has 2 atom stereocenters. The smallest absolute Gasteiger partial charge is 0.257 e. The molecule has 3 aromatic rings. The van der Waals surface area contributed by atoms with Gasteiger partial charge in [-0.3, -0.25) is 4.68 Å². The van der Waals surface area contributed by atoms with Crippen LogP contribution in [0.3, 0.4) is 0 Å². The molecule has 1 aliphatic carbocycles. The lowest BCUT2D eigenvalue weighted by atomic mass is 9.97. The molecule has 0 spiro atoms. The first-order valence-corrected chi connectivity index (χ1v) is 12.9. The number of ether oxygens (including phenoxy) is 2. The summed E-state index contributed by atoms with van der Waals surface area (Å²) in [6, 6.07) is 4.17. The summed E-state index contributed by atoms with van der Waals surface area (Å²) in [5, 5.41) is 17.9. The van der Waals surface area contributed by atoms with Gasteiger partial charge in [-0.25, -0.2) is 13.4 Å². The third-order valence-electron chi connectivity index (χ3n) is 5.76. The molecule has 1 saturated carbocycles. The van der Waals surface area contributed by atoms with Gasteiger partial charge in [-0.1, -0.05) is 6.92 Å². The van der Waals surface area contributed by atoms with E-state index in [1.165, 1.54) is 4.68 Å². The number of nitrogens with one attached hydrogen (secondary N) is 1. The van der Waals surface area contributed by atoms with Crippen LogP contribution in [-0.2, 0) is 20.5 Å². The number of nitriles is 1. The number of fused-ring (bicyclic) bond motifs is 1. The molecule has 1 aliphatic heterocycles. The van der Waals surface area contributed by atoms with Gasteiger partial charge in [-0.2, -0.15) is 10.2 Å². The van der Waals surface area contributed by atoms with Gasteiger partial charge in [0.05, 0.1) is 12.8 Å². The Morgan fingerprint density at radius 3 is 2.88 bits per heavy atom. The van der Waals surface area contributed by atoms with Crippen LogP contribution in [0.4, 0.5) is 11.6 Å². The fraction of sp³-hybridized carbons (Fsp3) is 0.524. The molecule has 174 valence electrons. The molecule has 33 heavy (non-hydrogen) atoms. The molecule has 11 nitrogen and oxygen atoms in total. The van der Waals surface area contributed by atoms with Crippen LogP contribution in [0.2, 0.25) is 0 Å². The maximum atomic E-state index is 11.7. The number of anilines is 2. The third kappa shape index (κ3) is 4.65. The molecule has 1 N–H and O–H groups in total. The summed E-state index contributed by atoms with van der Waals surface area (Å²) >= 11 is 0. The van der Waals surface area contributed by atoms with E-state index < -0.39 is 9.84 Å². The number of hydrogen-bond donors (Lipinski definition) is 1. The first kappa shape index (κ1) is 21.7. The van der Waals surface area contributed by atoms with Crippen LogP contribution in [0.5, 0.6) is 5.88 Å². The second-order valence-corrected chi connectivity index (χ2v) is 10.9. The van der Waals surface area contributed by atoms with Crippen LogP contribution >= 0.6 is 0 Å². The van der Waals surface area contributed by atoms with Gasteiger partial charge in [0.25, 0.3) is 5.88 Å². The molecule has 0 amide bonds. The predicted molar refractivity (Wildman–Crippen MR) is 120 cm³/mol. The van der Waals surface area contributed by atoms with E-state index in [4.69, 9.17) is 14.5 Å². The van der Waals surface area contributed by atoms with Crippen molar-refractivity contribution < 1.29 is 17.9 Å². The summed E-state index contributed by atoms with van der Waals surface area (Å²) in [5.41, 5.74) is 1.69. The largest absolute Gasteiger partial charge is 0.472 e. The SMILES string of the molecule is C[C@H]1COCC[C@@H]1n1c(C#N)cc2cnc(Nc3cn(CS(C)(=O)=O)nc3OC3CC3)nc21. The maximum absolute atomic E-state index is 11.7. The van der Waals surface area contributed by atoms with Gasteiger partial charge in [0.15, 0.2) is 9.84 Å². The molecule has 0 bridgehead atoms. The minimum atomic E-state index is -3.28. The van der Waals surface area contributed by atoms with Crippen molar-refractivity contribution in [2.45, 2.75) is 44.2 Å². The Bertz CT molecular complexity index is 1340. The Morgan fingerprint density at radius 2 is 2.18 bits per heavy atom. The van der Waals surface area contributed by atoms with Crippen molar-refractivity contribution in [1.29, 1.82) is 5.26 Å². The molecular weight excluding hydrogens is 446 g/mol. The molecule has 4 heterocycles. The molecule has 0 aromatic carbocycles. The van der Waals surface area contributed by atoms with Crippen LogP contribution in [0, 0.1) is 17.2 Å². The summed E-state index contributed by atoms with van der Waals surface area (Å²) in [5.74, 6) is 0.605. The zero-order valence-electron chi connectivity index (χ0n) is 18.4. The first-order chi connectivity index (χ1) is 15.8. The number of sulfone groups is 1. The van der Waals surface area contributed by atoms with Crippen LogP contribution in [0.25, 0.3) is 11.0 Å². The minimum absolute atomic E-state index is 0.0842. The Balaban J connectivity index is 1.50. The van der Waals surface area contributed by atoms with Gasteiger partial charge in [0.1, 0.15) is 35.1 Å². The molecule has 2 aliphatic rings. The highest BCUT2D eigenvalue weighted by molar-refractivity contribution is 7.89. The fourth-order valence-electron chi connectivity index (χ4n) is 4.09. The predicted octanol–water partition coefficient (Wildman–Crippen LogP) is 2.38. The fourth-order valence-corrected chi connectivity index (χ4v) is 4.70. The summed E-state index contributed by atoms with van der Waals surface area (Å²) in [4.78, 5) is 9.10. The number of rotatable bonds is 7. The Morgan fingerprint density at radius 1 is 1.36 bits per heavy atom. The number of nitrogens with zero attached hydrogens (tertiary/aromatic N) is 6. The van der Waals surface area contributed by atoms with Crippen LogP contribution in [0.1, 0.15) is 37.9 Å². The van der Waals surface area contributed by atoms with Crippen molar-refractivity contribution in [1.82, 2.24) is 24.3 Å². The van der Waals surface area contributed by atoms with Gasteiger partial charge in [0, 0.05) is 36.4 Å². The van der Waals surface area contributed by atoms with Crippen molar-refractivity contribution in [3.63, 3.8) is 0 Å². The van der Waals surface area contributed by atoms with Crippen LogP contribution in [-0.4, -0.2) is 58.3 Å². The molecule has 12 heteroatoms. The molecular formula is C21H25N7O4S. The first-order valence-electron chi connectivity index (χ1n) is 10.9. The maximum Gasteiger partial charge on any atom is 0.257 e. The quantitative estimate of drug-likeness (QED) is 0.550. The second-order valence-electron chi connectivity index (χ2n) is 8.78. The van der Waals surface area contributed by atoms with E-state index >= 15 is 0 Å². The van der Waals surface area contributed by atoms with E-state index in [0.717, 1.165) is 30.9 Å². The summed E-state index contributed by atoms with van der Waals surface area (Å²) in [6.07, 6.45) is 7.16. The van der Waals surface area contributed by atoms with E-state index in [1.807, 2.05) is 4.57 Å². The number of hydrogen-bond acceptors (Lipinski definition) is 9. The average molecular weight is 472 g/mol. The molecule has 1 saturated heterocycles. The van der Waals surface area contributed by atoms with Gasteiger partial charge in [-0.05, 0) is 25.3 Å². The third-order valence-corrected chi connectivity index (χ3v) is 6.49. The lowest BCUT2D eigenvalue weighted by Gasteiger charge is -2.31. The highest BCUT2D eigenvalue weighted by Crippen LogP contribution is 2.34. The minimum Gasteiger partial charge on any atom is -0.472 e. The van der Waals surface area contributed by atoms with Crippen molar-refractivity contribution in [3.05, 3.63) is 24.2 Å². The van der Waals surface area contributed by atoms with E-state index in [2.05, 4.69) is 28.4 Å². The van der Waals surface area contributed by atoms with E-state index in [0.29, 0.717) is 42.1 Å². The standard InChI is InChI=1S/C21H25N7O4S/c1-13-11-31-6-5-18(13)28-15(8-22)7-14-9-23-21(25-19(14)28)24-17-10-27(12-33(2,29)30)26-20(17)32-16-3-4-16/h7,9-10,13,16,18H,3-6,11-12H2,1-2H3,(H,23,24,25)/t13-,18-/m0/s1. The molecule has 0 radical (unpaired) electrons. The Kier molecular flexibility index (Phi) is 5.46. The van der Waals surface area contributed by atoms with Crippen molar-refractivity contribution in [2.75, 3.05) is 24.8 Å². The van der Waals surface area contributed by atoms with E-state index in [1.54, 1.807) is 18.5 Å². The summed E-state index contributed by atoms with van der Waals surface area (Å²) in [7, 11) is -3.28. The van der Waals surface area contributed by atoms with Crippen LogP contribution in [0.15, 0.2) is 18.5 Å². The van der Waals surface area contributed by atoms with E-state index in [9.17, 15) is 13.7 Å². The van der Waals surface area contributed by atoms with Crippen LogP contribution < -0.4 is 10.1 Å². The second kappa shape index (κ2) is 8.31. The summed E-state index contributed by atoms with van der Waals surface area (Å²) < 4.78 is 38.2. The Hall–Kier alpha value is -3.17. The molecule has 0 unspecified atom stereocenters. The highest BCUT2D eigenvalue weighted by Gasteiger charge is 2.29. The topological polar surface area (TPSA) is 137 Å².